The summed E-state index contributed by atoms with van der Waals surface area (Å²) < 4.78 is 13.0. The quantitative estimate of drug-likeness (QED) is 0.797. The number of nitrogens with one attached hydrogen (secondary N) is 1. The largest absolute Gasteiger partial charge is 0.349 e. The number of amides is 1. The fourth-order valence-corrected chi connectivity index (χ4v) is 3.04. The summed E-state index contributed by atoms with van der Waals surface area (Å²) in [6.07, 6.45) is 0. The van der Waals surface area contributed by atoms with Crippen LogP contribution in [-0.4, -0.2) is 11.7 Å². The van der Waals surface area contributed by atoms with E-state index in [-0.39, 0.29) is 17.8 Å². The van der Waals surface area contributed by atoms with E-state index in [1.54, 1.807) is 6.07 Å². The van der Waals surface area contributed by atoms with Crippen LogP contribution in [0, 0.1) is 12.7 Å². The lowest BCUT2D eigenvalue weighted by Crippen LogP contribution is -2.28. The van der Waals surface area contributed by atoms with Crippen molar-refractivity contribution in [2.24, 2.45) is 0 Å². The first kappa shape index (κ1) is 16.8. The van der Waals surface area contributed by atoms with Crippen LogP contribution in [0.2, 0.25) is 5.02 Å². The van der Waals surface area contributed by atoms with Gasteiger partial charge in [-0.25, -0.2) is 4.39 Å². The molecule has 0 spiro atoms. The summed E-state index contributed by atoms with van der Waals surface area (Å²) in [4.78, 5) is 13.0. The first-order chi connectivity index (χ1) is 10.5. The van der Waals surface area contributed by atoms with E-state index in [2.05, 4.69) is 5.32 Å². The van der Waals surface area contributed by atoms with E-state index in [1.807, 2.05) is 38.1 Å². The highest BCUT2D eigenvalue weighted by Crippen LogP contribution is 2.24. The maximum Gasteiger partial charge on any atom is 0.230 e. The summed E-state index contributed by atoms with van der Waals surface area (Å²) in [7, 11) is 0. The van der Waals surface area contributed by atoms with Gasteiger partial charge in [0.05, 0.1) is 11.8 Å². The van der Waals surface area contributed by atoms with E-state index < -0.39 is 0 Å². The molecule has 2 rings (SSSR count). The van der Waals surface area contributed by atoms with Gasteiger partial charge in [-0.1, -0.05) is 35.4 Å². The van der Waals surface area contributed by atoms with Gasteiger partial charge in [0.2, 0.25) is 5.91 Å². The van der Waals surface area contributed by atoms with Crippen molar-refractivity contribution in [3.8, 4) is 0 Å². The molecule has 0 fully saturated rings. The van der Waals surface area contributed by atoms with Crippen LogP contribution in [-0.2, 0) is 4.79 Å². The summed E-state index contributed by atoms with van der Waals surface area (Å²) in [5, 5.41) is 3.19. The Hall–Kier alpha value is -1.52. The molecule has 0 aliphatic carbocycles. The van der Waals surface area contributed by atoms with Crippen molar-refractivity contribution in [1.82, 2.24) is 5.32 Å². The predicted octanol–water partition coefficient (Wildman–Crippen LogP) is 4.76. The number of carbonyl (C=O) groups is 1. The van der Waals surface area contributed by atoms with E-state index in [4.69, 9.17) is 11.6 Å². The highest BCUT2D eigenvalue weighted by atomic mass is 35.5. The second-order valence-electron chi connectivity index (χ2n) is 5.06. The molecule has 5 heteroatoms. The number of aryl methyl sites for hydroxylation is 1. The van der Waals surface area contributed by atoms with Crippen molar-refractivity contribution in [3.05, 3.63) is 64.4 Å². The van der Waals surface area contributed by atoms with Crippen LogP contribution in [0.15, 0.2) is 47.4 Å². The molecule has 1 unspecified atom stereocenters. The molecule has 0 saturated heterocycles. The number of rotatable bonds is 5. The van der Waals surface area contributed by atoms with Crippen molar-refractivity contribution in [3.63, 3.8) is 0 Å². The number of halogens is 2. The minimum absolute atomic E-state index is 0.0848. The first-order valence-corrected chi connectivity index (χ1v) is 8.26. The first-order valence-electron chi connectivity index (χ1n) is 6.89. The Kier molecular flexibility index (Phi) is 5.86. The van der Waals surface area contributed by atoms with Crippen molar-refractivity contribution in [2.75, 3.05) is 5.75 Å². The Morgan fingerprint density at radius 2 is 1.95 bits per heavy atom. The fraction of sp³-hybridized carbons (Fsp3) is 0.235. The third-order valence-electron chi connectivity index (χ3n) is 3.20. The topological polar surface area (TPSA) is 29.1 Å². The third kappa shape index (κ3) is 4.75. The molecule has 1 atom stereocenters. The maximum atomic E-state index is 13.0. The summed E-state index contributed by atoms with van der Waals surface area (Å²) in [6, 6.07) is 11.9. The highest BCUT2D eigenvalue weighted by molar-refractivity contribution is 8.00. The molecule has 0 aliphatic rings. The molecule has 0 aliphatic heterocycles. The second-order valence-corrected chi connectivity index (χ2v) is 6.51. The Bertz CT molecular complexity index is 660. The third-order valence-corrected chi connectivity index (χ3v) is 4.54. The summed E-state index contributed by atoms with van der Waals surface area (Å²) in [5.74, 6) is -0.146. The SMILES string of the molecule is Cc1ccc(SCC(=O)NC(C)c2ccc(F)cc2Cl)cc1. The number of hydrogen-bond acceptors (Lipinski definition) is 2. The van der Waals surface area contributed by atoms with Crippen molar-refractivity contribution in [2.45, 2.75) is 24.8 Å². The lowest BCUT2D eigenvalue weighted by atomic mass is 10.1. The molecule has 2 nitrogen and oxygen atoms in total. The molecule has 1 N–H and O–H groups in total. The summed E-state index contributed by atoms with van der Waals surface area (Å²) >= 11 is 7.48. The van der Waals surface area contributed by atoms with Gasteiger partial charge in [-0.15, -0.1) is 11.8 Å². The van der Waals surface area contributed by atoms with Crippen LogP contribution < -0.4 is 5.32 Å². The van der Waals surface area contributed by atoms with Gasteiger partial charge < -0.3 is 5.32 Å². The van der Waals surface area contributed by atoms with Crippen LogP contribution >= 0.6 is 23.4 Å². The Balaban J connectivity index is 1.89. The standard InChI is InChI=1S/C17H17ClFNOS/c1-11-3-6-14(7-4-11)22-10-17(21)20-12(2)15-8-5-13(19)9-16(15)18/h3-9,12H,10H2,1-2H3,(H,20,21). The minimum atomic E-state index is -0.387. The molecule has 22 heavy (non-hydrogen) atoms. The maximum absolute atomic E-state index is 13.0. The molecule has 2 aromatic rings. The van der Waals surface area contributed by atoms with Crippen LogP contribution in [0.3, 0.4) is 0 Å². The van der Waals surface area contributed by atoms with Crippen LogP contribution in [0.5, 0.6) is 0 Å². The molecular weight excluding hydrogens is 321 g/mol. The minimum Gasteiger partial charge on any atom is -0.349 e. The van der Waals surface area contributed by atoms with E-state index in [1.165, 1.54) is 29.5 Å². The summed E-state index contributed by atoms with van der Waals surface area (Å²) in [6.45, 7) is 3.85. The molecule has 1 amide bonds. The lowest BCUT2D eigenvalue weighted by molar-refractivity contribution is -0.119. The molecule has 2 aromatic carbocycles. The number of hydrogen-bond donors (Lipinski definition) is 1. The zero-order valence-electron chi connectivity index (χ0n) is 12.4. The van der Waals surface area contributed by atoms with Crippen molar-refractivity contribution >= 4 is 29.3 Å². The van der Waals surface area contributed by atoms with Crippen LogP contribution in [0.1, 0.15) is 24.1 Å². The lowest BCUT2D eigenvalue weighted by Gasteiger charge is -2.15. The molecule has 0 radical (unpaired) electrons. The second kappa shape index (κ2) is 7.65. The smallest absolute Gasteiger partial charge is 0.230 e. The van der Waals surface area contributed by atoms with E-state index in [0.717, 1.165) is 4.90 Å². The van der Waals surface area contributed by atoms with Gasteiger partial charge in [0.25, 0.3) is 0 Å². The molecular formula is C17H17ClFNOS. The zero-order valence-corrected chi connectivity index (χ0v) is 14.0. The molecule has 0 saturated carbocycles. The molecule has 0 bridgehead atoms. The number of benzene rings is 2. The number of carbonyl (C=O) groups excluding carboxylic acids is 1. The Labute approximate surface area is 139 Å². The monoisotopic (exact) mass is 337 g/mol. The number of thioether (sulfide) groups is 1. The van der Waals surface area contributed by atoms with E-state index in [9.17, 15) is 9.18 Å². The Morgan fingerprint density at radius 3 is 2.59 bits per heavy atom. The van der Waals surface area contributed by atoms with Gasteiger partial charge in [-0.2, -0.15) is 0 Å². The average molecular weight is 338 g/mol. The normalized spacial score (nSPS) is 12.0. The molecule has 0 aromatic heterocycles. The zero-order chi connectivity index (χ0) is 16.1. The molecule has 116 valence electrons. The fourth-order valence-electron chi connectivity index (χ4n) is 2.00. The van der Waals surface area contributed by atoms with Gasteiger partial charge in [-0.3, -0.25) is 4.79 Å². The van der Waals surface area contributed by atoms with E-state index in [0.29, 0.717) is 16.3 Å². The van der Waals surface area contributed by atoms with Gasteiger partial charge in [0.1, 0.15) is 5.82 Å². The van der Waals surface area contributed by atoms with Gasteiger partial charge >= 0.3 is 0 Å². The van der Waals surface area contributed by atoms with Crippen LogP contribution in [0.4, 0.5) is 4.39 Å². The van der Waals surface area contributed by atoms with Gasteiger partial charge in [0, 0.05) is 9.92 Å². The van der Waals surface area contributed by atoms with Crippen molar-refractivity contribution < 1.29 is 9.18 Å². The highest BCUT2D eigenvalue weighted by Gasteiger charge is 2.13. The van der Waals surface area contributed by atoms with Gasteiger partial charge in [-0.05, 0) is 43.7 Å². The predicted molar refractivity (Wildman–Crippen MR) is 89.9 cm³/mol. The van der Waals surface area contributed by atoms with Gasteiger partial charge in [0.15, 0.2) is 0 Å². The van der Waals surface area contributed by atoms with Crippen molar-refractivity contribution in [1.29, 1.82) is 0 Å². The van der Waals surface area contributed by atoms with Crippen LogP contribution in [0.25, 0.3) is 0 Å². The van der Waals surface area contributed by atoms with E-state index >= 15 is 0 Å². The molecule has 0 heterocycles. The Morgan fingerprint density at radius 1 is 1.27 bits per heavy atom. The summed E-state index contributed by atoms with van der Waals surface area (Å²) in [5.41, 5.74) is 1.89. The average Bonchev–Trinajstić information content (AvgIpc) is 2.46.